The molecule has 0 heterocycles. The summed E-state index contributed by atoms with van der Waals surface area (Å²) in [5.74, 6) is 0.344. The van der Waals surface area contributed by atoms with Crippen LogP contribution in [0.2, 0.25) is 0 Å². The van der Waals surface area contributed by atoms with E-state index in [-0.39, 0.29) is 6.42 Å². The molecule has 0 spiro atoms. The summed E-state index contributed by atoms with van der Waals surface area (Å²) in [5, 5.41) is 8.36. The molecule has 1 atom stereocenters. The Balaban J connectivity index is 2.69. The van der Waals surface area contributed by atoms with Crippen molar-refractivity contribution in [3.8, 4) is 6.07 Å². The van der Waals surface area contributed by atoms with Gasteiger partial charge in [-0.3, -0.25) is 0 Å². The first-order valence-corrected chi connectivity index (χ1v) is 3.72. The first-order valence-electron chi connectivity index (χ1n) is 3.72. The Morgan fingerprint density at radius 2 is 2.50 bits per heavy atom. The molecule has 0 fully saturated rings. The summed E-state index contributed by atoms with van der Waals surface area (Å²) in [6.07, 6.45) is 2.84. The minimum Gasteiger partial charge on any atom is -0.498 e. The van der Waals surface area contributed by atoms with Crippen LogP contribution in [0.5, 0.6) is 0 Å². The molecular formula is C9H10FNO. The second-order valence-corrected chi connectivity index (χ2v) is 2.60. The second-order valence-electron chi connectivity index (χ2n) is 2.60. The number of alkyl halides is 1. The third-order valence-electron chi connectivity index (χ3n) is 1.78. The number of hydrogen-bond acceptors (Lipinski definition) is 2. The van der Waals surface area contributed by atoms with Crippen LogP contribution in [0.25, 0.3) is 0 Å². The van der Waals surface area contributed by atoms with Crippen molar-refractivity contribution in [3.05, 3.63) is 23.5 Å². The zero-order valence-corrected chi connectivity index (χ0v) is 6.88. The van der Waals surface area contributed by atoms with E-state index in [4.69, 9.17) is 10.00 Å². The monoisotopic (exact) mass is 167 g/mol. The molecule has 0 aliphatic heterocycles. The summed E-state index contributed by atoms with van der Waals surface area (Å²) in [4.78, 5) is 0. The highest BCUT2D eigenvalue weighted by Gasteiger charge is 2.18. The normalized spacial score (nSPS) is 22.2. The average Bonchev–Trinajstić information content (AvgIpc) is 2.05. The highest BCUT2D eigenvalue weighted by molar-refractivity contribution is 5.26. The minimum atomic E-state index is -1.08. The molecule has 12 heavy (non-hydrogen) atoms. The molecule has 0 bridgehead atoms. The molecule has 64 valence electrons. The SMILES string of the molecule is COC1=CC=C(CC#N)CC1F. The van der Waals surface area contributed by atoms with Gasteiger partial charge in [0.05, 0.1) is 19.6 Å². The molecule has 1 unspecified atom stereocenters. The van der Waals surface area contributed by atoms with Gasteiger partial charge in [0.2, 0.25) is 0 Å². The van der Waals surface area contributed by atoms with E-state index in [1.165, 1.54) is 7.11 Å². The predicted molar refractivity (Wildman–Crippen MR) is 42.9 cm³/mol. The smallest absolute Gasteiger partial charge is 0.161 e. The van der Waals surface area contributed by atoms with Crippen LogP contribution < -0.4 is 0 Å². The Kier molecular flexibility index (Phi) is 2.87. The van der Waals surface area contributed by atoms with Crippen molar-refractivity contribution in [2.24, 2.45) is 0 Å². The van der Waals surface area contributed by atoms with Crippen LogP contribution in [0.15, 0.2) is 23.5 Å². The maximum absolute atomic E-state index is 13.1. The molecule has 0 aromatic carbocycles. The van der Waals surface area contributed by atoms with Crippen LogP contribution >= 0.6 is 0 Å². The fourth-order valence-electron chi connectivity index (χ4n) is 1.13. The molecule has 0 aromatic heterocycles. The maximum Gasteiger partial charge on any atom is 0.161 e. The summed E-state index contributed by atoms with van der Waals surface area (Å²) in [6.45, 7) is 0. The fraction of sp³-hybridized carbons (Fsp3) is 0.444. The van der Waals surface area contributed by atoms with E-state index in [9.17, 15) is 4.39 Å². The quantitative estimate of drug-likeness (QED) is 0.631. The first-order chi connectivity index (χ1) is 5.77. The molecule has 1 aliphatic rings. The topological polar surface area (TPSA) is 33.0 Å². The average molecular weight is 167 g/mol. The molecule has 1 rings (SSSR count). The lowest BCUT2D eigenvalue weighted by atomic mass is 10.00. The number of nitriles is 1. The second kappa shape index (κ2) is 3.91. The lowest BCUT2D eigenvalue weighted by Crippen LogP contribution is -2.10. The number of halogens is 1. The van der Waals surface area contributed by atoms with Gasteiger partial charge in [0.25, 0.3) is 0 Å². The van der Waals surface area contributed by atoms with Crippen LogP contribution in [0.1, 0.15) is 12.8 Å². The Morgan fingerprint density at radius 3 is 3.00 bits per heavy atom. The van der Waals surface area contributed by atoms with E-state index < -0.39 is 6.17 Å². The van der Waals surface area contributed by atoms with Crippen LogP contribution in [-0.2, 0) is 4.74 Å². The highest BCUT2D eigenvalue weighted by atomic mass is 19.1. The Bertz CT molecular complexity index is 262. The molecule has 0 amide bonds. The molecule has 0 N–H and O–H groups in total. The molecule has 1 aliphatic carbocycles. The van der Waals surface area contributed by atoms with Crippen LogP contribution in [0.4, 0.5) is 4.39 Å². The van der Waals surface area contributed by atoms with Gasteiger partial charge >= 0.3 is 0 Å². The first kappa shape index (κ1) is 8.79. The number of allylic oxidation sites excluding steroid dienone is 4. The van der Waals surface area contributed by atoms with E-state index in [1.54, 1.807) is 12.2 Å². The van der Waals surface area contributed by atoms with Crippen LogP contribution in [-0.4, -0.2) is 13.3 Å². The summed E-state index contributed by atoms with van der Waals surface area (Å²) >= 11 is 0. The van der Waals surface area contributed by atoms with Gasteiger partial charge in [0, 0.05) is 6.42 Å². The van der Waals surface area contributed by atoms with Gasteiger partial charge < -0.3 is 4.74 Å². The number of rotatable bonds is 2. The summed E-state index contributed by atoms with van der Waals surface area (Å²) in [6, 6.07) is 1.99. The van der Waals surface area contributed by atoms with Gasteiger partial charge in [-0.2, -0.15) is 5.26 Å². The molecule has 3 heteroatoms. The van der Waals surface area contributed by atoms with Gasteiger partial charge in [-0.05, 0) is 6.08 Å². The molecule has 2 nitrogen and oxygen atoms in total. The van der Waals surface area contributed by atoms with E-state index in [1.807, 2.05) is 6.07 Å². The van der Waals surface area contributed by atoms with Gasteiger partial charge in [-0.15, -0.1) is 0 Å². The number of ether oxygens (including phenoxy) is 1. The third-order valence-corrected chi connectivity index (χ3v) is 1.78. The largest absolute Gasteiger partial charge is 0.498 e. The fourth-order valence-corrected chi connectivity index (χ4v) is 1.13. The summed E-state index contributed by atoms with van der Waals surface area (Å²) < 4.78 is 17.9. The van der Waals surface area contributed by atoms with E-state index in [2.05, 4.69) is 0 Å². The number of nitrogens with zero attached hydrogens (tertiary/aromatic N) is 1. The minimum absolute atomic E-state index is 0.285. The van der Waals surface area contributed by atoms with Gasteiger partial charge in [0.1, 0.15) is 5.76 Å². The van der Waals surface area contributed by atoms with Crippen molar-refractivity contribution in [2.45, 2.75) is 19.0 Å². The number of methoxy groups -OCH3 is 1. The van der Waals surface area contributed by atoms with E-state index in [0.29, 0.717) is 12.2 Å². The molecule has 0 radical (unpaired) electrons. The van der Waals surface area contributed by atoms with Gasteiger partial charge in [-0.25, -0.2) is 4.39 Å². The zero-order chi connectivity index (χ0) is 8.97. The van der Waals surface area contributed by atoms with Crippen molar-refractivity contribution in [2.75, 3.05) is 7.11 Å². The Morgan fingerprint density at radius 1 is 1.75 bits per heavy atom. The zero-order valence-electron chi connectivity index (χ0n) is 6.88. The van der Waals surface area contributed by atoms with Gasteiger partial charge in [-0.1, -0.05) is 11.6 Å². The maximum atomic E-state index is 13.1. The highest BCUT2D eigenvalue weighted by Crippen LogP contribution is 2.23. The standard InChI is InChI=1S/C9H10FNO/c1-12-9-3-2-7(4-5-11)6-8(9)10/h2-3,8H,4,6H2,1H3. The van der Waals surface area contributed by atoms with Crippen molar-refractivity contribution in [3.63, 3.8) is 0 Å². The Hall–Kier alpha value is -1.30. The number of hydrogen-bond donors (Lipinski definition) is 0. The molecule has 0 aromatic rings. The van der Waals surface area contributed by atoms with Crippen molar-refractivity contribution in [1.29, 1.82) is 5.26 Å². The molecule has 0 saturated carbocycles. The summed E-state index contributed by atoms with van der Waals surface area (Å²) in [5.41, 5.74) is 0.825. The van der Waals surface area contributed by atoms with Crippen LogP contribution in [0.3, 0.4) is 0 Å². The summed E-state index contributed by atoms with van der Waals surface area (Å²) in [7, 11) is 1.45. The molecular weight excluding hydrogens is 157 g/mol. The van der Waals surface area contributed by atoms with E-state index in [0.717, 1.165) is 5.57 Å². The van der Waals surface area contributed by atoms with E-state index >= 15 is 0 Å². The lowest BCUT2D eigenvalue weighted by molar-refractivity contribution is 0.200. The van der Waals surface area contributed by atoms with Crippen LogP contribution in [0, 0.1) is 11.3 Å². The van der Waals surface area contributed by atoms with Crippen molar-refractivity contribution < 1.29 is 9.13 Å². The third kappa shape index (κ3) is 1.85. The Labute approximate surface area is 70.9 Å². The van der Waals surface area contributed by atoms with Crippen molar-refractivity contribution in [1.82, 2.24) is 0 Å². The molecule has 0 saturated heterocycles. The lowest BCUT2D eigenvalue weighted by Gasteiger charge is -2.15. The predicted octanol–water partition coefficient (Wildman–Crippen LogP) is 2.10. The van der Waals surface area contributed by atoms with Gasteiger partial charge in [0.15, 0.2) is 6.17 Å². The van der Waals surface area contributed by atoms with Crippen molar-refractivity contribution >= 4 is 0 Å².